The van der Waals surface area contributed by atoms with Gasteiger partial charge >= 0.3 is 20.0 Å². The maximum atomic E-state index is 14.4. The Kier molecular flexibility index (Phi) is 14.4. The first-order chi connectivity index (χ1) is 26.6. The summed E-state index contributed by atoms with van der Waals surface area (Å²) in [6.45, 7) is 5.02. The van der Waals surface area contributed by atoms with Crippen molar-refractivity contribution in [2.45, 2.75) is 77.6 Å². The van der Waals surface area contributed by atoms with Crippen LogP contribution < -0.4 is 20.5 Å². The highest BCUT2D eigenvalue weighted by atomic mass is 31.2. The molecule has 0 bridgehead atoms. The van der Waals surface area contributed by atoms with Crippen molar-refractivity contribution in [3.63, 3.8) is 0 Å². The Morgan fingerprint density at radius 1 is 1.00 bits per heavy atom. The number of nitrogens with one attached hydrogen (secondary N) is 1. The Morgan fingerprint density at radius 2 is 1.65 bits per heavy atom. The first-order valence-electron chi connectivity index (χ1n) is 17.9. The third-order valence-corrected chi connectivity index (χ3v) is 9.82. The Labute approximate surface area is 326 Å². The number of phosphoric acid groups is 1. The maximum absolute atomic E-state index is 14.4. The molecule has 18 heteroatoms. The van der Waals surface area contributed by atoms with E-state index in [-0.39, 0.29) is 36.4 Å². The molecule has 13 nitrogen and oxygen atoms in total. The summed E-state index contributed by atoms with van der Waals surface area (Å²) in [4.78, 5) is 79.0. The molecule has 0 saturated carbocycles. The van der Waals surface area contributed by atoms with E-state index >= 15 is 0 Å². The van der Waals surface area contributed by atoms with Gasteiger partial charge in [-0.15, -0.1) is 0 Å². The predicted octanol–water partition coefficient (Wildman–Crippen LogP) is 6.08. The highest BCUT2D eigenvalue weighted by Gasteiger charge is 2.40. The number of para-hydroxylation sites is 1. The second-order valence-corrected chi connectivity index (χ2v) is 15.5. The molecule has 3 amide bonds. The van der Waals surface area contributed by atoms with Gasteiger partial charge in [-0.2, -0.15) is 13.2 Å². The number of primary amides is 1. The van der Waals surface area contributed by atoms with Crippen molar-refractivity contribution in [1.29, 1.82) is 0 Å². The molecule has 5 N–H and O–H groups in total. The van der Waals surface area contributed by atoms with Gasteiger partial charge < -0.3 is 20.3 Å². The van der Waals surface area contributed by atoms with Crippen molar-refractivity contribution >= 4 is 42.9 Å². The molecule has 1 aliphatic heterocycles. The number of alkyl halides is 4. The number of hydrogen-bond donors (Lipinski definition) is 4. The molecular weight excluding hydrogens is 775 g/mol. The van der Waals surface area contributed by atoms with E-state index < -0.39 is 87.4 Å². The van der Waals surface area contributed by atoms with Crippen LogP contribution in [0.1, 0.15) is 73.8 Å². The van der Waals surface area contributed by atoms with E-state index in [4.69, 9.17) is 15.0 Å². The number of esters is 1. The normalized spacial score (nSPS) is 15.8. The molecular formula is C39H45F4N4O9P. The number of halogens is 4. The summed E-state index contributed by atoms with van der Waals surface area (Å²) in [6.07, 6.45) is -9.75. The molecule has 3 aromatic rings. The smallest absolute Gasteiger partial charge is 0.444 e. The number of amides is 3. The van der Waals surface area contributed by atoms with Crippen LogP contribution in [-0.4, -0.2) is 64.9 Å². The summed E-state index contributed by atoms with van der Waals surface area (Å²) >= 11 is 0. The number of benzene rings is 3. The van der Waals surface area contributed by atoms with Gasteiger partial charge in [0, 0.05) is 40.4 Å². The van der Waals surface area contributed by atoms with E-state index in [2.05, 4.69) is 10.3 Å². The predicted molar refractivity (Wildman–Crippen MR) is 202 cm³/mol. The fourth-order valence-electron chi connectivity index (χ4n) is 7.03. The van der Waals surface area contributed by atoms with Crippen molar-refractivity contribution < 1.29 is 60.4 Å². The van der Waals surface area contributed by atoms with Crippen molar-refractivity contribution in [2.75, 3.05) is 18.3 Å². The number of nitrogens with two attached hydrogens (primary N) is 1. The van der Waals surface area contributed by atoms with Gasteiger partial charge in [0.15, 0.2) is 6.73 Å². The maximum Gasteiger partial charge on any atom is 0.524 e. The third kappa shape index (κ3) is 11.9. The molecule has 0 radical (unpaired) electrons. The van der Waals surface area contributed by atoms with Crippen LogP contribution in [0.5, 0.6) is 5.75 Å². The number of anilines is 1. The first kappa shape index (κ1) is 44.6. The van der Waals surface area contributed by atoms with E-state index in [1.54, 1.807) is 88.4 Å². The van der Waals surface area contributed by atoms with Gasteiger partial charge in [0.2, 0.25) is 18.0 Å². The second kappa shape index (κ2) is 18.4. The van der Waals surface area contributed by atoms with Gasteiger partial charge in [0.25, 0.3) is 5.91 Å². The summed E-state index contributed by atoms with van der Waals surface area (Å²) in [5.74, 6) is -7.34. The monoisotopic (exact) mass is 820 g/mol. The van der Waals surface area contributed by atoms with Crippen LogP contribution in [0.3, 0.4) is 0 Å². The number of fused-ring (bicyclic) bond motifs is 1. The number of carbonyl (C=O) groups excluding carboxylic acids is 4. The third-order valence-electron chi connectivity index (χ3n) is 9.39. The lowest BCUT2D eigenvalue weighted by Crippen LogP contribution is -2.51. The summed E-state index contributed by atoms with van der Waals surface area (Å²) in [6, 6.07) is 18.2. The number of aliphatic imine (C=N–C) groups is 1. The van der Waals surface area contributed by atoms with Gasteiger partial charge in [0.05, 0.1) is 24.5 Å². The molecule has 1 heterocycles. The lowest BCUT2D eigenvalue weighted by Gasteiger charge is -2.30. The standard InChI is InChI=1S/C39H45F4N4O9P/c1-23-19-24(2)32(30(20-23)56-57(52,53)54)38(3,4)21-31(48)55-22-47-29-15-9-8-13-28(29)33(25-11-6-5-7-12-25)45-35(37(47)51)46-36(50)27(14-10-18-40)26(34(44)49)16-17-39(41,42)43/h5-9,11-13,15,19-20,26-27,35H,10,14,16-18,21-22H2,1-4H3,(H2,44,49)(H,46,50)(H2,52,53,54)/t26-,27+,35+/m0/s1. The zero-order chi connectivity index (χ0) is 42.3. The quantitative estimate of drug-likeness (QED) is 0.0709. The Morgan fingerprint density at radius 3 is 2.26 bits per heavy atom. The SMILES string of the molecule is Cc1cc(C)c(C(C)(C)CC(=O)OCN2C(=O)[C@@H](NC(=O)[C@H](CCCF)[C@H](CCC(F)(F)F)C(N)=O)N=C(c3ccccc3)c3ccccc32)c(OP(=O)(O)O)c1. The Hall–Kier alpha value is -5.12. The van der Waals surface area contributed by atoms with E-state index in [0.29, 0.717) is 27.8 Å². The van der Waals surface area contributed by atoms with E-state index in [1.807, 2.05) is 0 Å². The molecule has 1 aliphatic rings. The van der Waals surface area contributed by atoms with E-state index in [9.17, 15) is 51.1 Å². The highest BCUT2D eigenvalue weighted by molar-refractivity contribution is 7.46. The van der Waals surface area contributed by atoms with Crippen LogP contribution >= 0.6 is 7.82 Å². The van der Waals surface area contributed by atoms with Crippen LogP contribution in [0.4, 0.5) is 23.2 Å². The summed E-state index contributed by atoms with van der Waals surface area (Å²) in [7, 11) is -4.99. The lowest BCUT2D eigenvalue weighted by molar-refractivity contribution is -0.146. The average Bonchev–Trinajstić information content (AvgIpc) is 3.20. The van der Waals surface area contributed by atoms with E-state index in [0.717, 1.165) is 4.90 Å². The van der Waals surface area contributed by atoms with Crippen LogP contribution in [0.2, 0.25) is 0 Å². The van der Waals surface area contributed by atoms with Crippen LogP contribution in [0.25, 0.3) is 0 Å². The number of ether oxygens (including phenoxy) is 1. The second-order valence-electron chi connectivity index (χ2n) is 14.4. The fraction of sp³-hybridized carbons (Fsp3) is 0.410. The zero-order valence-electron chi connectivity index (χ0n) is 31.7. The lowest BCUT2D eigenvalue weighted by atomic mass is 9.78. The Bertz CT molecular complexity index is 2040. The molecule has 4 rings (SSSR count). The van der Waals surface area contributed by atoms with Gasteiger partial charge in [-0.3, -0.25) is 38.3 Å². The largest absolute Gasteiger partial charge is 0.524 e. The molecule has 0 fully saturated rings. The number of hydrogen-bond acceptors (Lipinski definition) is 8. The number of phosphoric ester groups is 1. The van der Waals surface area contributed by atoms with Crippen molar-refractivity contribution in [2.24, 2.45) is 22.6 Å². The number of nitrogens with zero attached hydrogens (tertiary/aromatic N) is 2. The number of carbonyl (C=O) groups is 4. The van der Waals surface area contributed by atoms with Crippen LogP contribution in [-0.2, 0) is 33.9 Å². The van der Waals surface area contributed by atoms with Gasteiger partial charge in [-0.05, 0) is 56.4 Å². The van der Waals surface area contributed by atoms with Crippen LogP contribution in [0.15, 0.2) is 71.7 Å². The first-order valence-corrected chi connectivity index (χ1v) is 19.4. The molecule has 0 unspecified atom stereocenters. The molecule has 3 atom stereocenters. The molecule has 0 aromatic heterocycles. The molecule has 308 valence electrons. The van der Waals surface area contributed by atoms with Crippen molar-refractivity contribution in [3.8, 4) is 5.75 Å². The van der Waals surface area contributed by atoms with Gasteiger partial charge in [-0.1, -0.05) is 68.4 Å². The molecule has 3 aromatic carbocycles. The van der Waals surface area contributed by atoms with Gasteiger partial charge in [-0.25, -0.2) is 9.56 Å². The Balaban J connectivity index is 1.70. The minimum Gasteiger partial charge on any atom is -0.444 e. The fourth-order valence-corrected chi connectivity index (χ4v) is 7.43. The van der Waals surface area contributed by atoms with E-state index in [1.165, 1.54) is 6.07 Å². The zero-order valence-corrected chi connectivity index (χ0v) is 32.6. The molecule has 57 heavy (non-hydrogen) atoms. The highest BCUT2D eigenvalue weighted by Crippen LogP contribution is 2.45. The number of benzodiazepines with no additional fused rings is 1. The molecule has 0 spiro atoms. The minimum atomic E-state index is -4.99. The summed E-state index contributed by atoms with van der Waals surface area (Å²) in [5, 5.41) is 2.45. The van der Waals surface area contributed by atoms with Crippen molar-refractivity contribution in [1.82, 2.24) is 5.32 Å². The average molecular weight is 821 g/mol. The topological polar surface area (TPSA) is 198 Å². The van der Waals surface area contributed by atoms with Crippen LogP contribution in [0, 0.1) is 25.7 Å². The van der Waals surface area contributed by atoms with Gasteiger partial charge in [0.1, 0.15) is 5.75 Å². The summed E-state index contributed by atoms with van der Waals surface area (Å²) < 4.78 is 75.4. The van der Waals surface area contributed by atoms with Crippen molar-refractivity contribution in [3.05, 3.63) is 94.5 Å². The molecule has 0 saturated heterocycles. The minimum absolute atomic E-state index is 0.124. The summed E-state index contributed by atoms with van der Waals surface area (Å²) in [5.41, 5.74) is 7.23. The number of rotatable bonds is 17. The molecule has 0 aliphatic carbocycles. The number of aryl methyl sites for hydroxylation is 2.